The van der Waals surface area contributed by atoms with Crippen molar-refractivity contribution in [1.29, 1.82) is 0 Å². The molecule has 0 amide bonds. The molecule has 5 nitrogen and oxygen atoms in total. The molecule has 0 radical (unpaired) electrons. The summed E-state index contributed by atoms with van der Waals surface area (Å²) >= 11 is 0. The van der Waals surface area contributed by atoms with Crippen LogP contribution in [0.25, 0.3) is 0 Å². The van der Waals surface area contributed by atoms with E-state index in [4.69, 9.17) is 18.9 Å². The van der Waals surface area contributed by atoms with Gasteiger partial charge in [-0.3, -0.25) is 0 Å². The smallest absolute Gasteiger partial charge is 0.154 e. The maximum atomic E-state index is 9.76. The fraction of sp³-hybridized carbons (Fsp3) is 1.00. The monoisotopic (exact) mass is 362 g/mol. The Morgan fingerprint density at radius 1 is 0.600 bits per heavy atom. The highest BCUT2D eigenvalue weighted by Gasteiger charge is 2.03. The third-order valence-electron chi connectivity index (χ3n) is 4.04. The van der Waals surface area contributed by atoms with E-state index in [0.717, 1.165) is 19.4 Å². The lowest BCUT2D eigenvalue weighted by Gasteiger charge is -2.12. The Hall–Kier alpha value is -0.200. The summed E-state index contributed by atoms with van der Waals surface area (Å²) in [6.07, 6.45) is 11.7. The number of ether oxygens (including phenoxy) is 4. The summed E-state index contributed by atoms with van der Waals surface area (Å²) in [5.41, 5.74) is 0. The number of aliphatic hydroxyl groups is 1. The summed E-state index contributed by atoms with van der Waals surface area (Å²) < 4.78 is 21.2. The SMILES string of the molecule is CCCCCCCCCCCC(O)OCCOCCOCCOCC. The lowest BCUT2D eigenvalue weighted by Crippen LogP contribution is -2.17. The number of unbranched alkanes of at least 4 members (excludes halogenated alkanes) is 8. The molecule has 1 unspecified atom stereocenters. The minimum atomic E-state index is -0.657. The molecule has 0 saturated heterocycles. The van der Waals surface area contributed by atoms with Crippen LogP contribution in [0.1, 0.15) is 78.1 Å². The first-order chi connectivity index (χ1) is 12.3. The van der Waals surface area contributed by atoms with Gasteiger partial charge in [-0.1, -0.05) is 58.3 Å². The van der Waals surface area contributed by atoms with Gasteiger partial charge in [-0.25, -0.2) is 0 Å². The molecule has 5 heteroatoms. The third-order valence-corrected chi connectivity index (χ3v) is 4.04. The zero-order chi connectivity index (χ0) is 18.4. The Morgan fingerprint density at radius 2 is 1.08 bits per heavy atom. The van der Waals surface area contributed by atoms with E-state index < -0.39 is 6.29 Å². The van der Waals surface area contributed by atoms with Crippen LogP contribution >= 0.6 is 0 Å². The van der Waals surface area contributed by atoms with Gasteiger partial charge in [-0.05, 0) is 19.8 Å². The van der Waals surface area contributed by atoms with Gasteiger partial charge < -0.3 is 24.1 Å². The molecule has 0 spiro atoms. The largest absolute Gasteiger partial charge is 0.379 e. The van der Waals surface area contributed by atoms with Crippen LogP contribution in [-0.2, 0) is 18.9 Å². The molecule has 1 atom stereocenters. The van der Waals surface area contributed by atoms with Crippen LogP contribution in [-0.4, -0.2) is 57.6 Å². The summed E-state index contributed by atoms with van der Waals surface area (Å²) in [6, 6.07) is 0. The normalized spacial score (nSPS) is 12.6. The number of hydrogen-bond donors (Lipinski definition) is 1. The van der Waals surface area contributed by atoms with Crippen molar-refractivity contribution in [3.8, 4) is 0 Å². The van der Waals surface area contributed by atoms with Crippen molar-refractivity contribution < 1.29 is 24.1 Å². The number of rotatable bonds is 21. The summed E-state index contributed by atoms with van der Waals surface area (Å²) in [4.78, 5) is 0. The van der Waals surface area contributed by atoms with Crippen LogP contribution < -0.4 is 0 Å². The molecule has 0 aliphatic carbocycles. The lowest BCUT2D eigenvalue weighted by molar-refractivity contribution is -0.118. The Balaban J connectivity index is 3.12. The minimum absolute atomic E-state index is 0.428. The van der Waals surface area contributed by atoms with Crippen molar-refractivity contribution in [2.24, 2.45) is 0 Å². The second-order valence-corrected chi connectivity index (χ2v) is 6.36. The summed E-state index contributed by atoms with van der Waals surface area (Å²) in [7, 11) is 0. The van der Waals surface area contributed by atoms with Crippen molar-refractivity contribution >= 4 is 0 Å². The van der Waals surface area contributed by atoms with Crippen LogP contribution in [0.5, 0.6) is 0 Å². The van der Waals surface area contributed by atoms with E-state index in [1.54, 1.807) is 0 Å². The van der Waals surface area contributed by atoms with Crippen molar-refractivity contribution in [2.75, 3.05) is 46.2 Å². The maximum Gasteiger partial charge on any atom is 0.154 e. The molecule has 0 aliphatic rings. The molecular weight excluding hydrogens is 320 g/mol. The zero-order valence-electron chi connectivity index (χ0n) is 16.7. The first-order valence-electron chi connectivity index (χ1n) is 10.3. The summed E-state index contributed by atoms with van der Waals surface area (Å²) in [6.45, 7) is 8.19. The van der Waals surface area contributed by atoms with Gasteiger partial charge in [-0.15, -0.1) is 0 Å². The Labute approximate surface area is 155 Å². The fourth-order valence-electron chi connectivity index (χ4n) is 2.54. The molecule has 152 valence electrons. The van der Waals surface area contributed by atoms with Gasteiger partial charge >= 0.3 is 0 Å². The maximum absolute atomic E-state index is 9.76. The average molecular weight is 363 g/mol. The molecule has 0 aromatic rings. The van der Waals surface area contributed by atoms with E-state index in [9.17, 15) is 5.11 Å². The molecule has 0 bridgehead atoms. The van der Waals surface area contributed by atoms with Crippen molar-refractivity contribution in [3.05, 3.63) is 0 Å². The van der Waals surface area contributed by atoms with Gasteiger partial charge in [-0.2, -0.15) is 0 Å². The average Bonchev–Trinajstić information content (AvgIpc) is 2.62. The highest BCUT2D eigenvalue weighted by molar-refractivity contribution is 4.49. The predicted octanol–water partition coefficient (Wildman–Crippen LogP) is 4.31. The van der Waals surface area contributed by atoms with Crippen LogP contribution in [0.2, 0.25) is 0 Å². The van der Waals surface area contributed by atoms with Crippen LogP contribution in [0, 0.1) is 0 Å². The fourth-order valence-corrected chi connectivity index (χ4v) is 2.54. The van der Waals surface area contributed by atoms with E-state index in [1.807, 2.05) is 6.92 Å². The molecule has 0 fully saturated rings. The van der Waals surface area contributed by atoms with E-state index in [1.165, 1.54) is 51.4 Å². The van der Waals surface area contributed by atoms with Crippen molar-refractivity contribution in [1.82, 2.24) is 0 Å². The van der Waals surface area contributed by atoms with Gasteiger partial charge in [0.15, 0.2) is 6.29 Å². The predicted molar refractivity (Wildman–Crippen MR) is 102 cm³/mol. The van der Waals surface area contributed by atoms with E-state index in [0.29, 0.717) is 39.6 Å². The summed E-state index contributed by atoms with van der Waals surface area (Å²) in [5.74, 6) is 0. The Bertz CT molecular complexity index is 238. The van der Waals surface area contributed by atoms with Crippen LogP contribution in [0.15, 0.2) is 0 Å². The highest BCUT2D eigenvalue weighted by atomic mass is 16.6. The van der Waals surface area contributed by atoms with Gasteiger partial charge in [0.1, 0.15) is 0 Å². The van der Waals surface area contributed by atoms with Crippen molar-refractivity contribution in [2.45, 2.75) is 84.3 Å². The van der Waals surface area contributed by atoms with Crippen LogP contribution in [0.4, 0.5) is 0 Å². The molecule has 0 rings (SSSR count). The minimum Gasteiger partial charge on any atom is -0.379 e. The first kappa shape index (κ1) is 24.8. The summed E-state index contributed by atoms with van der Waals surface area (Å²) in [5, 5.41) is 9.76. The molecule has 0 aromatic carbocycles. The van der Waals surface area contributed by atoms with Crippen molar-refractivity contribution in [3.63, 3.8) is 0 Å². The first-order valence-corrected chi connectivity index (χ1v) is 10.3. The number of hydrogen-bond acceptors (Lipinski definition) is 5. The zero-order valence-corrected chi connectivity index (χ0v) is 16.7. The molecule has 0 saturated carbocycles. The Morgan fingerprint density at radius 3 is 1.64 bits per heavy atom. The Kier molecular flexibility index (Phi) is 21.7. The molecule has 0 heterocycles. The molecule has 0 aliphatic heterocycles. The second-order valence-electron chi connectivity index (χ2n) is 6.36. The molecule has 25 heavy (non-hydrogen) atoms. The van der Waals surface area contributed by atoms with E-state index >= 15 is 0 Å². The van der Waals surface area contributed by atoms with Crippen LogP contribution in [0.3, 0.4) is 0 Å². The molecular formula is C20H42O5. The van der Waals surface area contributed by atoms with Gasteiger partial charge in [0.05, 0.1) is 39.6 Å². The third kappa shape index (κ3) is 21.8. The van der Waals surface area contributed by atoms with Gasteiger partial charge in [0, 0.05) is 6.61 Å². The molecule has 0 aromatic heterocycles. The standard InChI is InChI=1S/C20H42O5/c1-3-5-6-7-8-9-10-11-12-13-20(21)25-19-18-24-17-16-23-15-14-22-4-2/h20-21H,3-19H2,1-2H3. The highest BCUT2D eigenvalue weighted by Crippen LogP contribution is 2.11. The number of aliphatic hydroxyl groups excluding tert-OH is 1. The van der Waals surface area contributed by atoms with E-state index in [2.05, 4.69) is 6.92 Å². The molecule has 1 N–H and O–H groups in total. The lowest BCUT2D eigenvalue weighted by atomic mass is 10.1. The second kappa shape index (κ2) is 21.8. The van der Waals surface area contributed by atoms with Gasteiger partial charge in [0.25, 0.3) is 0 Å². The van der Waals surface area contributed by atoms with Gasteiger partial charge in [0.2, 0.25) is 0 Å². The topological polar surface area (TPSA) is 57.2 Å². The quantitative estimate of drug-likeness (QED) is 0.243. The van der Waals surface area contributed by atoms with E-state index in [-0.39, 0.29) is 0 Å².